The van der Waals surface area contributed by atoms with Crippen LogP contribution in [-0.2, 0) is 16.1 Å². The Balaban J connectivity index is 2.67. The number of carbonyl (C=O) groups excluding carboxylic acids is 1. The molecule has 0 unspecified atom stereocenters. The highest BCUT2D eigenvalue weighted by Gasteiger charge is 2.09. The van der Waals surface area contributed by atoms with Crippen LogP contribution in [0.3, 0.4) is 0 Å². The van der Waals surface area contributed by atoms with E-state index in [0.717, 1.165) is 25.1 Å². The maximum absolute atomic E-state index is 11.3. The van der Waals surface area contributed by atoms with Gasteiger partial charge in [-0.25, -0.2) is 4.79 Å². The van der Waals surface area contributed by atoms with E-state index < -0.39 is 0 Å². The number of benzene rings is 1. The highest BCUT2D eigenvalue weighted by molar-refractivity contribution is 5.71. The van der Waals surface area contributed by atoms with Gasteiger partial charge >= 0.3 is 5.97 Å². The van der Waals surface area contributed by atoms with Crippen molar-refractivity contribution in [3.05, 3.63) is 23.8 Å². The van der Waals surface area contributed by atoms with Gasteiger partial charge in [0.1, 0.15) is 0 Å². The lowest BCUT2D eigenvalue weighted by Crippen LogP contribution is -2.16. The summed E-state index contributed by atoms with van der Waals surface area (Å²) in [6.45, 7) is 8.35. The zero-order valence-electron chi connectivity index (χ0n) is 13.1. The van der Waals surface area contributed by atoms with Gasteiger partial charge in [0.05, 0.1) is 13.2 Å². The molecule has 0 heterocycles. The van der Waals surface area contributed by atoms with Crippen LogP contribution >= 0.6 is 0 Å². The summed E-state index contributed by atoms with van der Waals surface area (Å²) in [5.74, 6) is 0.829. The number of hydrogen-bond acceptors (Lipinski definition) is 5. The lowest BCUT2D eigenvalue weighted by Gasteiger charge is -2.13. The van der Waals surface area contributed by atoms with Crippen LogP contribution in [0.2, 0.25) is 0 Å². The molecule has 1 rings (SSSR count). The third kappa shape index (κ3) is 6.49. The first-order valence-electron chi connectivity index (χ1n) is 7.46. The van der Waals surface area contributed by atoms with Crippen molar-refractivity contribution in [3.8, 4) is 11.5 Å². The maximum atomic E-state index is 11.3. The minimum atomic E-state index is -0.381. The zero-order valence-corrected chi connectivity index (χ0v) is 13.1. The summed E-state index contributed by atoms with van der Waals surface area (Å²) in [5.41, 5.74) is 1.12. The molecule has 1 N–H and O–H groups in total. The van der Waals surface area contributed by atoms with Gasteiger partial charge in [-0.05, 0) is 44.5 Å². The van der Waals surface area contributed by atoms with E-state index in [4.69, 9.17) is 14.2 Å². The molecule has 0 spiro atoms. The molecule has 0 aliphatic rings. The molecule has 0 aromatic heterocycles. The van der Waals surface area contributed by atoms with E-state index in [-0.39, 0.29) is 12.6 Å². The van der Waals surface area contributed by atoms with Gasteiger partial charge in [-0.15, -0.1) is 0 Å². The van der Waals surface area contributed by atoms with Crippen LogP contribution in [0.25, 0.3) is 0 Å². The van der Waals surface area contributed by atoms with Crippen molar-refractivity contribution in [3.63, 3.8) is 0 Å². The van der Waals surface area contributed by atoms with Crippen LogP contribution in [0.5, 0.6) is 11.5 Å². The number of esters is 1. The molecule has 1 aromatic carbocycles. The van der Waals surface area contributed by atoms with E-state index in [9.17, 15) is 4.79 Å². The Bertz CT molecular complexity index is 434. The molecule has 21 heavy (non-hydrogen) atoms. The number of ether oxygens (including phenoxy) is 3. The lowest BCUT2D eigenvalue weighted by molar-refractivity contribution is -0.145. The van der Waals surface area contributed by atoms with Crippen LogP contribution in [0.15, 0.2) is 18.2 Å². The normalized spacial score (nSPS) is 10.2. The molecule has 118 valence electrons. The fourth-order valence-corrected chi connectivity index (χ4v) is 1.80. The van der Waals surface area contributed by atoms with Gasteiger partial charge in [-0.1, -0.05) is 13.0 Å². The topological polar surface area (TPSA) is 56.8 Å². The maximum Gasteiger partial charge on any atom is 0.344 e. The minimum Gasteiger partial charge on any atom is -0.490 e. The molecule has 0 saturated heterocycles. The monoisotopic (exact) mass is 295 g/mol. The third-order valence-electron chi connectivity index (χ3n) is 2.71. The second kappa shape index (κ2) is 10.0. The van der Waals surface area contributed by atoms with Gasteiger partial charge in [-0.2, -0.15) is 0 Å². The molecular formula is C16H25NO4. The van der Waals surface area contributed by atoms with Gasteiger partial charge in [0.25, 0.3) is 0 Å². The molecule has 0 bridgehead atoms. The molecular weight excluding hydrogens is 270 g/mol. The second-order valence-electron chi connectivity index (χ2n) is 4.48. The van der Waals surface area contributed by atoms with E-state index in [1.807, 2.05) is 25.1 Å². The molecule has 0 aliphatic carbocycles. The molecule has 0 saturated carbocycles. The quantitative estimate of drug-likeness (QED) is 0.531. The Morgan fingerprint density at radius 2 is 1.90 bits per heavy atom. The summed E-state index contributed by atoms with van der Waals surface area (Å²) in [7, 11) is 0. The fraction of sp³-hybridized carbons (Fsp3) is 0.562. The van der Waals surface area contributed by atoms with E-state index in [0.29, 0.717) is 24.7 Å². The number of nitrogens with one attached hydrogen (secondary N) is 1. The average molecular weight is 295 g/mol. The van der Waals surface area contributed by atoms with Crippen LogP contribution < -0.4 is 14.8 Å². The van der Waals surface area contributed by atoms with Crippen molar-refractivity contribution in [1.29, 1.82) is 0 Å². The highest BCUT2D eigenvalue weighted by atomic mass is 16.6. The molecule has 5 nitrogen and oxygen atoms in total. The molecule has 0 atom stereocenters. The number of carbonyl (C=O) groups is 1. The van der Waals surface area contributed by atoms with Crippen LogP contribution in [0, 0.1) is 0 Å². The van der Waals surface area contributed by atoms with Crippen molar-refractivity contribution >= 4 is 5.97 Å². The van der Waals surface area contributed by atoms with Gasteiger partial charge in [-0.3, -0.25) is 0 Å². The van der Waals surface area contributed by atoms with E-state index in [1.165, 1.54) is 0 Å². The Labute approximate surface area is 126 Å². The smallest absolute Gasteiger partial charge is 0.344 e. The van der Waals surface area contributed by atoms with Crippen molar-refractivity contribution < 1.29 is 19.0 Å². The first kappa shape index (κ1) is 17.3. The predicted octanol–water partition coefficient (Wildman–Crippen LogP) is 2.53. The highest BCUT2D eigenvalue weighted by Crippen LogP contribution is 2.28. The van der Waals surface area contributed by atoms with Crippen molar-refractivity contribution in [2.24, 2.45) is 0 Å². The van der Waals surface area contributed by atoms with Crippen LogP contribution in [0.1, 0.15) is 32.8 Å². The van der Waals surface area contributed by atoms with E-state index >= 15 is 0 Å². The first-order valence-corrected chi connectivity index (χ1v) is 7.46. The average Bonchev–Trinajstić information content (AvgIpc) is 2.47. The van der Waals surface area contributed by atoms with Crippen molar-refractivity contribution in [1.82, 2.24) is 5.32 Å². The predicted molar refractivity (Wildman–Crippen MR) is 81.7 cm³/mol. The number of rotatable bonds is 10. The second-order valence-corrected chi connectivity index (χ2v) is 4.48. The van der Waals surface area contributed by atoms with Gasteiger partial charge < -0.3 is 19.5 Å². The van der Waals surface area contributed by atoms with Crippen molar-refractivity contribution in [2.45, 2.75) is 33.7 Å². The Hall–Kier alpha value is -1.75. The third-order valence-corrected chi connectivity index (χ3v) is 2.71. The summed E-state index contributed by atoms with van der Waals surface area (Å²) in [6.07, 6.45) is 1.10. The molecule has 0 aliphatic heterocycles. The molecule has 0 amide bonds. The summed E-state index contributed by atoms with van der Waals surface area (Å²) in [4.78, 5) is 11.3. The first-order chi connectivity index (χ1) is 10.2. The Kier molecular flexibility index (Phi) is 8.28. The van der Waals surface area contributed by atoms with Gasteiger partial charge in [0.15, 0.2) is 18.1 Å². The summed E-state index contributed by atoms with van der Waals surface area (Å²) < 4.78 is 15.9. The van der Waals surface area contributed by atoms with Gasteiger partial charge in [0.2, 0.25) is 0 Å². The molecule has 0 fully saturated rings. The lowest BCUT2D eigenvalue weighted by atomic mass is 10.2. The Morgan fingerprint density at radius 1 is 1.10 bits per heavy atom. The van der Waals surface area contributed by atoms with Gasteiger partial charge in [0, 0.05) is 6.54 Å². The van der Waals surface area contributed by atoms with Crippen molar-refractivity contribution in [2.75, 3.05) is 26.4 Å². The summed E-state index contributed by atoms with van der Waals surface area (Å²) >= 11 is 0. The van der Waals surface area contributed by atoms with Crippen LogP contribution in [-0.4, -0.2) is 32.3 Å². The molecule has 0 radical (unpaired) electrons. The van der Waals surface area contributed by atoms with Crippen LogP contribution in [0.4, 0.5) is 0 Å². The molecule has 1 aromatic rings. The Morgan fingerprint density at radius 3 is 2.57 bits per heavy atom. The fourth-order valence-electron chi connectivity index (χ4n) is 1.80. The summed E-state index contributed by atoms with van der Waals surface area (Å²) in [5, 5.41) is 3.34. The van der Waals surface area contributed by atoms with E-state index in [1.54, 1.807) is 6.92 Å². The largest absolute Gasteiger partial charge is 0.490 e. The SMILES string of the molecule is CCCNCc1ccc(OCC(=O)OCC)c(OCC)c1. The molecule has 5 heteroatoms. The minimum absolute atomic E-state index is 0.110. The van der Waals surface area contributed by atoms with E-state index in [2.05, 4.69) is 12.2 Å². The zero-order chi connectivity index (χ0) is 15.5. The summed E-state index contributed by atoms with van der Waals surface area (Å²) in [6, 6.07) is 5.73. The number of hydrogen-bond donors (Lipinski definition) is 1. The standard InChI is InChI=1S/C16H25NO4/c1-4-9-17-11-13-7-8-14(15(10-13)19-5-2)21-12-16(18)20-6-3/h7-8,10,17H,4-6,9,11-12H2,1-3H3.